The van der Waals surface area contributed by atoms with Gasteiger partial charge in [-0.2, -0.15) is 0 Å². The van der Waals surface area contributed by atoms with Gasteiger partial charge in [-0.3, -0.25) is 9.78 Å². The molecule has 0 aliphatic carbocycles. The Morgan fingerprint density at radius 3 is 2.67 bits per heavy atom. The van der Waals surface area contributed by atoms with E-state index in [1.165, 1.54) is 12.3 Å². The van der Waals surface area contributed by atoms with Crippen molar-refractivity contribution in [3.05, 3.63) is 47.9 Å². The summed E-state index contributed by atoms with van der Waals surface area (Å²) in [6.07, 6.45) is 5.76. The van der Waals surface area contributed by atoms with Gasteiger partial charge in [0.05, 0.1) is 11.8 Å². The lowest BCUT2D eigenvalue weighted by atomic mass is 10.0. The quantitative estimate of drug-likeness (QED) is 0.862. The molecule has 1 fully saturated rings. The van der Waals surface area contributed by atoms with Crippen LogP contribution in [0.1, 0.15) is 28.9 Å². The van der Waals surface area contributed by atoms with Gasteiger partial charge in [0.25, 0.3) is 5.91 Å². The van der Waals surface area contributed by atoms with Crippen molar-refractivity contribution in [2.45, 2.75) is 25.8 Å². The summed E-state index contributed by atoms with van der Waals surface area (Å²) in [6, 6.07) is 3.50. The van der Waals surface area contributed by atoms with Crippen molar-refractivity contribution in [1.82, 2.24) is 19.9 Å². The van der Waals surface area contributed by atoms with Crippen LogP contribution in [0.5, 0.6) is 0 Å². The van der Waals surface area contributed by atoms with Crippen LogP contribution >= 0.6 is 0 Å². The lowest BCUT2D eigenvalue weighted by Crippen LogP contribution is -2.46. The molecule has 1 saturated heterocycles. The summed E-state index contributed by atoms with van der Waals surface area (Å²) in [5, 5.41) is 0. The lowest BCUT2D eigenvalue weighted by molar-refractivity contribution is 0.0712. The zero-order valence-electron chi connectivity index (χ0n) is 13.8. The summed E-state index contributed by atoms with van der Waals surface area (Å²) in [6.45, 7) is 3.20. The van der Waals surface area contributed by atoms with E-state index in [9.17, 15) is 9.18 Å². The Kier molecular flexibility index (Phi) is 4.69. The molecule has 0 atom stereocenters. The average molecular weight is 329 g/mol. The Hall–Kier alpha value is -2.57. The Labute approximate surface area is 140 Å². The van der Waals surface area contributed by atoms with E-state index < -0.39 is 5.82 Å². The zero-order chi connectivity index (χ0) is 17.1. The van der Waals surface area contributed by atoms with Crippen molar-refractivity contribution in [1.29, 1.82) is 0 Å². The first kappa shape index (κ1) is 16.3. The van der Waals surface area contributed by atoms with Gasteiger partial charge in [-0.05, 0) is 25.8 Å². The van der Waals surface area contributed by atoms with E-state index in [0.717, 1.165) is 30.6 Å². The summed E-state index contributed by atoms with van der Waals surface area (Å²) < 4.78 is 13.2. The van der Waals surface area contributed by atoms with Gasteiger partial charge in [0.1, 0.15) is 18.0 Å². The van der Waals surface area contributed by atoms with Gasteiger partial charge in [-0.15, -0.1) is 0 Å². The monoisotopic (exact) mass is 329 g/mol. The highest BCUT2D eigenvalue weighted by Crippen LogP contribution is 2.21. The van der Waals surface area contributed by atoms with Gasteiger partial charge in [-0.1, -0.05) is 0 Å². The number of aryl methyl sites for hydroxylation is 1. The first-order valence-electron chi connectivity index (χ1n) is 7.96. The molecular weight excluding hydrogens is 309 g/mol. The highest BCUT2D eigenvalue weighted by Gasteiger charge is 2.26. The summed E-state index contributed by atoms with van der Waals surface area (Å²) in [4.78, 5) is 28.5. The fraction of sp³-hybridized carbons (Fsp3) is 0.412. The number of pyridine rings is 1. The molecule has 0 aromatic carbocycles. The first-order chi connectivity index (χ1) is 11.5. The molecular formula is C17H20FN5O. The number of amides is 1. The molecule has 7 heteroatoms. The standard InChI is InChI=1S/C17H20FN5O/c1-12-7-16(21-11-20-12)22(2)15-3-5-23(6-4-15)17(24)13-8-14(18)10-19-9-13/h7-11,15H,3-6H2,1-2H3. The van der Waals surface area contributed by atoms with E-state index in [1.807, 2.05) is 20.0 Å². The van der Waals surface area contributed by atoms with Crippen LogP contribution in [0.2, 0.25) is 0 Å². The minimum Gasteiger partial charge on any atom is -0.356 e. The second kappa shape index (κ2) is 6.90. The highest BCUT2D eigenvalue weighted by atomic mass is 19.1. The van der Waals surface area contributed by atoms with Crippen molar-refractivity contribution in [3.63, 3.8) is 0 Å². The number of nitrogens with zero attached hydrogens (tertiary/aromatic N) is 5. The third-order valence-electron chi connectivity index (χ3n) is 4.40. The number of carbonyl (C=O) groups excluding carboxylic acids is 1. The second-order valence-electron chi connectivity index (χ2n) is 6.04. The van der Waals surface area contributed by atoms with Crippen LogP contribution < -0.4 is 4.90 Å². The molecule has 1 aliphatic heterocycles. The largest absolute Gasteiger partial charge is 0.356 e. The number of hydrogen-bond acceptors (Lipinski definition) is 5. The van der Waals surface area contributed by atoms with Crippen LogP contribution in [0.3, 0.4) is 0 Å². The summed E-state index contributed by atoms with van der Waals surface area (Å²) >= 11 is 0. The maximum atomic E-state index is 13.2. The molecule has 1 aliphatic rings. The fourth-order valence-electron chi connectivity index (χ4n) is 2.99. The van der Waals surface area contributed by atoms with Crippen LogP contribution in [0, 0.1) is 12.7 Å². The Balaban J connectivity index is 1.62. The topological polar surface area (TPSA) is 62.2 Å². The van der Waals surface area contributed by atoms with Gasteiger partial charge < -0.3 is 9.80 Å². The number of piperidine rings is 1. The Morgan fingerprint density at radius 2 is 2.00 bits per heavy atom. The minimum atomic E-state index is -0.491. The van der Waals surface area contributed by atoms with Gasteiger partial charge >= 0.3 is 0 Å². The maximum Gasteiger partial charge on any atom is 0.255 e. The number of likely N-dealkylation sites (tertiary alicyclic amines) is 1. The predicted octanol–water partition coefficient (Wildman–Crippen LogP) is 2.06. The van der Waals surface area contributed by atoms with Crippen molar-refractivity contribution >= 4 is 11.7 Å². The molecule has 1 amide bonds. The van der Waals surface area contributed by atoms with Gasteiger partial charge in [0.2, 0.25) is 0 Å². The van der Waals surface area contributed by atoms with Gasteiger partial charge in [0, 0.05) is 44.1 Å². The highest BCUT2D eigenvalue weighted by molar-refractivity contribution is 5.94. The molecule has 3 heterocycles. The van der Waals surface area contributed by atoms with Crippen molar-refractivity contribution in [3.8, 4) is 0 Å². The third-order valence-corrected chi connectivity index (χ3v) is 4.40. The normalized spacial score (nSPS) is 15.4. The van der Waals surface area contributed by atoms with E-state index >= 15 is 0 Å². The van der Waals surface area contributed by atoms with Crippen molar-refractivity contribution < 1.29 is 9.18 Å². The summed E-state index contributed by atoms with van der Waals surface area (Å²) in [7, 11) is 2.01. The summed E-state index contributed by atoms with van der Waals surface area (Å²) in [5.74, 6) is 0.234. The smallest absolute Gasteiger partial charge is 0.255 e. The number of carbonyl (C=O) groups is 1. The van der Waals surface area contributed by atoms with Crippen LogP contribution in [-0.2, 0) is 0 Å². The van der Waals surface area contributed by atoms with Crippen LogP contribution in [0.25, 0.3) is 0 Å². The average Bonchev–Trinajstić information content (AvgIpc) is 2.60. The predicted molar refractivity (Wildman–Crippen MR) is 88.3 cm³/mol. The number of rotatable bonds is 3. The molecule has 0 bridgehead atoms. The molecule has 24 heavy (non-hydrogen) atoms. The first-order valence-corrected chi connectivity index (χ1v) is 7.96. The molecule has 2 aromatic heterocycles. The van der Waals surface area contributed by atoms with Crippen molar-refractivity contribution in [2.24, 2.45) is 0 Å². The third kappa shape index (κ3) is 3.50. The minimum absolute atomic E-state index is 0.166. The SMILES string of the molecule is Cc1cc(N(C)C2CCN(C(=O)c3cncc(F)c3)CC2)ncn1. The zero-order valence-corrected chi connectivity index (χ0v) is 13.8. The molecule has 0 radical (unpaired) electrons. The van der Waals surface area contributed by atoms with E-state index in [-0.39, 0.29) is 5.91 Å². The Bertz CT molecular complexity index is 730. The van der Waals surface area contributed by atoms with E-state index in [0.29, 0.717) is 24.7 Å². The molecule has 0 unspecified atom stereocenters. The lowest BCUT2D eigenvalue weighted by Gasteiger charge is -2.37. The molecule has 0 saturated carbocycles. The molecule has 3 rings (SSSR count). The van der Waals surface area contributed by atoms with Crippen LogP contribution in [-0.4, -0.2) is 51.9 Å². The number of hydrogen-bond donors (Lipinski definition) is 0. The van der Waals surface area contributed by atoms with E-state index in [4.69, 9.17) is 0 Å². The Morgan fingerprint density at radius 1 is 1.25 bits per heavy atom. The summed E-state index contributed by atoms with van der Waals surface area (Å²) in [5.41, 5.74) is 1.23. The van der Waals surface area contributed by atoms with Crippen molar-refractivity contribution in [2.75, 3.05) is 25.0 Å². The second-order valence-corrected chi connectivity index (χ2v) is 6.04. The maximum absolute atomic E-state index is 13.2. The van der Waals surface area contributed by atoms with Gasteiger partial charge in [0.15, 0.2) is 0 Å². The number of halogens is 1. The molecule has 6 nitrogen and oxygen atoms in total. The molecule has 2 aromatic rings. The van der Waals surface area contributed by atoms with E-state index in [1.54, 1.807) is 11.2 Å². The van der Waals surface area contributed by atoms with Crippen LogP contribution in [0.4, 0.5) is 10.2 Å². The van der Waals surface area contributed by atoms with E-state index in [2.05, 4.69) is 19.9 Å². The molecule has 126 valence electrons. The van der Waals surface area contributed by atoms with Crippen LogP contribution in [0.15, 0.2) is 30.9 Å². The number of aromatic nitrogens is 3. The van der Waals surface area contributed by atoms with Gasteiger partial charge in [-0.25, -0.2) is 14.4 Å². The fourth-order valence-corrected chi connectivity index (χ4v) is 2.99. The molecule has 0 spiro atoms. The number of anilines is 1. The molecule has 0 N–H and O–H groups in total.